The minimum absolute atomic E-state index is 0.0955. The van der Waals surface area contributed by atoms with Gasteiger partial charge in [-0.1, -0.05) is 12.1 Å². The molecule has 0 bridgehead atoms. The molecule has 0 radical (unpaired) electrons. The number of carbonyl (C=O) groups excluding carboxylic acids is 1. The Hall–Kier alpha value is -3.94. The zero-order valence-electron chi connectivity index (χ0n) is 19.2. The number of furan rings is 1. The van der Waals surface area contributed by atoms with Crippen LogP contribution in [0.3, 0.4) is 0 Å². The highest BCUT2D eigenvalue weighted by Crippen LogP contribution is 2.34. The number of nitrogens with zero attached hydrogens (tertiary/aromatic N) is 1. The summed E-state index contributed by atoms with van der Waals surface area (Å²) in [6.07, 6.45) is 3.10. The fourth-order valence-corrected chi connectivity index (χ4v) is 4.85. The largest absolute Gasteiger partial charge is 0.481 e. The summed E-state index contributed by atoms with van der Waals surface area (Å²) in [5.74, 6) is -1.93. The second kappa shape index (κ2) is 9.02. The number of fused-ring (bicyclic) bond motifs is 2. The van der Waals surface area contributed by atoms with E-state index in [1.165, 1.54) is 12.1 Å². The lowest BCUT2D eigenvalue weighted by Gasteiger charge is -2.30. The Balaban J connectivity index is 1.45. The first kappa shape index (κ1) is 22.8. The normalized spacial score (nSPS) is 16.2. The lowest BCUT2D eigenvalue weighted by atomic mass is 9.97. The molecule has 1 saturated heterocycles. The number of aliphatic carboxylic acids is 1. The molecule has 5 rings (SSSR count). The van der Waals surface area contributed by atoms with Crippen LogP contribution >= 0.6 is 0 Å². The first-order valence-corrected chi connectivity index (χ1v) is 11.6. The number of hydrogen-bond acceptors (Lipinski definition) is 5. The first-order valence-electron chi connectivity index (χ1n) is 11.6. The van der Waals surface area contributed by atoms with Crippen LogP contribution < -0.4 is 5.63 Å². The van der Waals surface area contributed by atoms with Crippen LogP contribution in [0.1, 0.15) is 30.4 Å². The molecule has 2 aromatic heterocycles. The molecule has 1 amide bonds. The second-order valence-electron chi connectivity index (χ2n) is 9.01. The van der Waals surface area contributed by atoms with Crippen LogP contribution in [0.4, 0.5) is 4.39 Å². The number of rotatable bonds is 5. The Kier molecular flexibility index (Phi) is 5.88. The molecule has 3 heterocycles. The highest BCUT2D eigenvalue weighted by atomic mass is 19.1. The SMILES string of the molecule is Cc1c(CCC(=O)N2CCC[C@@H](C(=O)O)C2)c(=O)oc2cc3occ(-c4ccc(F)cc4)c3cc12. The van der Waals surface area contributed by atoms with Gasteiger partial charge in [0.05, 0.1) is 12.2 Å². The highest BCUT2D eigenvalue weighted by molar-refractivity contribution is 6.02. The predicted molar refractivity (Wildman–Crippen MR) is 128 cm³/mol. The van der Waals surface area contributed by atoms with Crippen molar-refractivity contribution in [3.05, 3.63) is 70.0 Å². The maximum atomic E-state index is 13.4. The van der Waals surface area contributed by atoms with Gasteiger partial charge in [-0.2, -0.15) is 0 Å². The van der Waals surface area contributed by atoms with Gasteiger partial charge in [0, 0.05) is 47.5 Å². The number of aryl methyl sites for hydroxylation is 1. The molecular formula is C27H24FNO6. The Bertz CT molecular complexity index is 1500. The summed E-state index contributed by atoms with van der Waals surface area (Å²) < 4.78 is 24.6. The zero-order chi connectivity index (χ0) is 24.7. The number of likely N-dealkylation sites (tertiary alicyclic amines) is 1. The summed E-state index contributed by atoms with van der Waals surface area (Å²) in [4.78, 5) is 38.4. The van der Waals surface area contributed by atoms with Crippen molar-refractivity contribution in [2.24, 2.45) is 5.92 Å². The molecule has 8 heteroatoms. The van der Waals surface area contributed by atoms with Crippen molar-refractivity contribution >= 4 is 33.8 Å². The van der Waals surface area contributed by atoms with Crippen LogP contribution in [-0.2, 0) is 16.0 Å². The molecular weight excluding hydrogens is 453 g/mol. The van der Waals surface area contributed by atoms with Crippen LogP contribution in [0.25, 0.3) is 33.1 Å². The molecule has 4 aromatic rings. The third-order valence-electron chi connectivity index (χ3n) is 6.85. The third-order valence-corrected chi connectivity index (χ3v) is 6.85. The Morgan fingerprint density at radius 2 is 1.91 bits per heavy atom. The molecule has 35 heavy (non-hydrogen) atoms. The fourth-order valence-electron chi connectivity index (χ4n) is 4.85. The summed E-state index contributed by atoms with van der Waals surface area (Å²) in [5.41, 5.74) is 3.15. The quantitative estimate of drug-likeness (QED) is 0.410. The maximum Gasteiger partial charge on any atom is 0.339 e. The molecule has 2 aromatic carbocycles. The molecule has 1 fully saturated rings. The van der Waals surface area contributed by atoms with Crippen LogP contribution in [-0.4, -0.2) is 35.0 Å². The number of carboxylic acids is 1. The Morgan fingerprint density at radius 3 is 2.66 bits per heavy atom. The van der Waals surface area contributed by atoms with Gasteiger partial charge in [-0.05, 0) is 55.5 Å². The summed E-state index contributed by atoms with van der Waals surface area (Å²) in [5, 5.41) is 10.8. The van der Waals surface area contributed by atoms with E-state index in [0.29, 0.717) is 36.1 Å². The smallest absolute Gasteiger partial charge is 0.339 e. The standard InChI is InChI=1S/C27H24FNO6/c1-15-19(8-9-25(30)29-10-2-3-17(13-29)26(31)32)27(33)35-24-12-23-21(11-20(15)24)22(14-34-23)16-4-6-18(28)7-5-16/h4-7,11-12,14,17H,2-3,8-10,13H2,1H3,(H,31,32)/t17-/m1/s1. The van der Waals surface area contributed by atoms with E-state index < -0.39 is 17.5 Å². The number of amides is 1. The van der Waals surface area contributed by atoms with E-state index in [9.17, 15) is 23.9 Å². The van der Waals surface area contributed by atoms with Gasteiger partial charge in [-0.15, -0.1) is 0 Å². The minimum atomic E-state index is -0.890. The number of piperidine rings is 1. The molecule has 1 atom stereocenters. The monoisotopic (exact) mass is 477 g/mol. The van der Waals surface area contributed by atoms with E-state index in [0.717, 1.165) is 27.5 Å². The first-order chi connectivity index (χ1) is 16.8. The van der Waals surface area contributed by atoms with E-state index in [4.69, 9.17) is 8.83 Å². The predicted octanol–water partition coefficient (Wildman–Crippen LogP) is 4.91. The third kappa shape index (κ3) is 4.32. The van der Waals surface area contributed by atoms with Gasteiger partial charge >= 0.3 is 11.6 Å². The van der Waals surface area contributed by atoms with Crippen molar-refractivity contribution in [2.45, 2.75) is 32.6 Å². The fraction of sp³-hybridized carbons (Fsp3) is 0.296. The van der Waals surface area contributed by atoms with Crippen molar-refractivity contribution in [2.75, 3.05) is 13.1 Å². The van der Waals surface area contributed by atoms with Crippen molar-refractivity contribution in [3.8, 4) is 11.1 Å². The van der Waals surface area contributed by atoms with E-state index in [1.807, 2.05) is 13.0 Å². The van der Waals surface area contributed by atoms with Gasteiger partial charge < -0.3 is 18.8 Å². The van der Waals surface area contributed by atoms with Crippen molar-refractivity contribution in [3.63, 3.8) is 0 Å². The number of carbonyl (C=O) groups is 2. The molecule has 180 valence electrons. The van der Waals surface area contributed by atoms with Crippen LogP contribution in [0.15, 0.2) is 56.3 Å². The average molecular weight is 477 g/mol. The van der Waals surface area contributed by atoms with E-state index >= 15 is 0 Å². The Morgan fingerprint density at radius 1 is 1.14 bits per heavy atom. The van der Waals surface area contributed by atoms with Crippen LogP contribution in [0.5, 0.6) is 0 Å². The summed E-state index contributed by atoms with van der Waals surface area (Å²) in [6.45, 7) is 2.55. The van der Waals surface area contributed by atoms with Gasteiger partial charge in [0.15, 0.2) is 0 Å². The Labute approximate surface area is 199 Å². The maximum absolute atomic E-state index is 13.4. The van der Waals surface area contributed by atoms with Crippen LogP contribution in [0.2, 0.25) is 0 Å². The second-order valence-corrected chi connectivity index (χ2v) is 9.01. The number of hydrogen-bond donors (Lipinski definition) is 1. The molecule has 0 aliphatic carbocycles. The average Bonchev–Trinajstić information content (AvgIpc) is 3.26. The molecule has 1 aliphatic rings. The number of halogens is 1. The van der Waals surface area contributed by atoms with Crippen molar-refractivity contribution in [1.29, 1.82) is 0 Å². The molecule has 0 unspecified atom stereocenters. The summed E-state index contributed by atoms with van der Waals surface area (Å²) in [6, 6.07) is 9.67. The molecule has 7 nitrogen and oxygen atoms in total. The lowest BCUT2D eigenvalue weighted by molar-refractivity contribution is -0.145. The molecule has 0 saturated carbocycles. The van der Waals surface area contributed by atoms with Crippen LogP contribution in [0, 0.1) is 18.7 Å². The summed E-state index contributed by atoms with van der Waals surface area (Å²) >= 11 is 0. The van der Waals surface area contributed by atoms with Crippen molar-refractivity contribution < 1.29 is 27.9 Å². The lowest BCUT2D eigenvalue weighted by Crippen LogP contribution is -2.42. The molecule has 0 spiro atoms. The minimum Gasteiger partial charge on any atom is -0.481 e. The van der Waals surface area contributed by atoms with Gasteiger partial charge in [0.1, 0.15) is 17.0 Å². The van der Waals surface area contributed by atoms with E-state index in [1.54, 1.807) is 29.4 Å². The van der Waals surface area contributed by atoms with Crippen molar-refractivity contribution in [1.82, 2.24) is 4.90 Å². The zero-order valence-corrected chi connectivity index (χ0v) is 19.2. The topological polar surface area (TPSA) is 101 Å². The van der Waals surface area contributed by atoms with Gasteiger partial charge in [0.25, 0.3) is 0 Å². The number of carboxylic acid groups (broad SMARTS) is 1. The van der Waals surface area contributed by atoms with E-state index in [2.05, 4.69) is 0 Å². The van der Waals surface area contributed by atoms with E-state index in [-0.39, 0.29) is 31.1 Å². The highest BCUT2D eigenvalue weighted by Gasteiger charge is 2.28. The van der Waals surface area contributed by atoms with Gasteiger partial charge in [0.2, 0.25) is 5.91 Å². The van der Waals surface area contributed by atoms with Gasteiger partial charge in [-0.25, -0.2) is 9.18 Å². The number of benzene rings is 2. The molecule has 1 aliphatic heterocycles. The summed E-state index contributed by atoms with van der Waals surface area (Å²) in [7, 11) is 0. The molecule has 1 N–H and O–H groups in total. The van der Waals surface area contributed by atoms with Gasteiger partial charge in [-0.3, -0.25) is 9.59 Å².